The number of carbonyl (C=O) groups is 1. The summed E-state index contributed by atoms with van der Waals surface area (Å²) in [7, 11) is 0. The van der Waals surface area contributed by atoms with Gasteiger partial charge in [-0.25, -0.2) is 4.98 Å². The minimum atomic E-state index is -0.336. The lowest BCUT2D eigenvalue weighted by Gasteiger charge is -2.57. The van der Waals surface area contributed by atoms with Crippen LogP contribution < -0.4 is 11.1 Å². The number of amides is 1. The van der Waals surface area contributed by atoms with Gasteiger partial charge < -0.3 is 20.9 Å². The molecule has 1 aromatic carbocycles. The largest absolute Gasteiger partial charge is 0.393 e. The fourth-order valence-electron chi connectivity index (χ4n) is 5.35. The van der Waals surface area contributed by atoms with Crippen molar-refractivity contribution in [3.8, 4) is 11.1 Å². The highest BCUT2D eigenvalue weighted by Crippen LogP contribution is 2.42. The van der Waals surface area contributed by atoms with E-state index in [0.717, 1.165) is 50.3 Å². The van der Waals surface area contributed by atoms with Crippen molar-refractivity contribution in [1.29, 1.82) is 0 Å². The summed E-state index contributed by atoms with van der Waals surface area (Å²) in [6, 6.07) is 10.7. The number of rotatable bonds is 5. The van der Waals surface area contributed by atoms with E-state index in [-0.39, 0.29) is 23.4 Å². The zero-order valence-electron chi connectivity index (χ0n) is 19.5. The van der Waals surface area contributed by atoms with Gasteiger partial charge >= 0.3 is 0 Å². The number of likely N-dealkylation sites (tertiary alicyclic amines) is 1. The summed E-state index contributed by atoms with van der Waals surface area (Å²) in [4.78, 5) is 19.8. The van der Waals surface area contributed by atoms with E-state index in [4.69, 9.17) is 10.5 Å². The minimum absolute atomic E-state index is 0.210. The molecule has 176 valence electrons. The molecule has 7 heteroatoms. The second-order valence-electron chi connectivity index (χ2n) is 10.6. The number of nitrogens with two attached hydrogens (primary N) is 1. The van der Waals surface area contributed by atoms with Crippen molar-refractivity contribution in [3.05, 3.63) is 47.7 Å². The van der Waals surface area contributed by atoms with Crippen molar-refractivity contribution >= 4 is 11.7 Å². The van der Waals surface area contributed by atoms with Gasteiger partial charge in [-0.05, 0) is 56.7 Å². The van der Waals surface area contributed by atoms with Crippen LogP contribution in [0.3, 0.4) is 0 Å². The summed E-state index contributed by atoms with van der Waals surface area (Å²) in [5.74, 6) is 0.0188. The second kappa shape index (κ2) is 8.38. The number of aliphatic hydroxyl groups is 1. The van der Waals surface area contributed by atoms with Crippen molar-refractivity contribution in [2.24, 2.45) is 5.41 Å². The molecule has 1 saturated carbocycles. The van der Waals surface area contributed by atoms with Crippen molar-refractivity contribution < 1.29 is 14.6 Å². The molecule has 2 aliphatic heterocycles. The molecule has 1 amide bonds. The summed E-state index contributed by atoms with van der Waals surface area (Å²) in [6.45, 7) is 8.29. The quantitative estimate of drug-likeness (QED) is 0.647. The van der Waals surface area contributed by atoms with E-state index in [1.54, 1.807) is 6.20 Å². The zero-order chi connectivity index (χ0) is 23.2. The van der Waals surface area contributed by atoms with E-state index < -0.39 is 0 Å². The molecule has 4 N–H and O–H groups in total. The SMILES string of the molecule is C[C@H](c1ccc(-c2cnc(N)c(C(=O)N[C@]3(C)CC[C@@H](O)CC3)c2)cc1)N1CC2(COC2)C1. The number of anilines is 1. The summed E-state index contributed by atoms with van der Waals surface area (Å²) < 4.78 is 5.39. The third kappa shape index (κ3) is 4.37. The molecule has 2 saturated heterocycles. The van der Waals surface area contributed by atoms with Crippen LogP contribution in [0.4, 0.5) is 5.82 Å². The van der Waals surface area contributed by atoms with Gasteiger partial charge in [0.05, 0.1) is 24.9 Å². The number of pyridine rings is 1. The number of hydrogen-bond donors (Lipinski definition) is 3. The second-order valence-corrected chi connectivity index (χ2v) is 10.6. The molecule has 1 aromatic heterocycles. The van der Waals surface area contributed by atoms with Crippen LogP contribution in [0.1, 0.15) is 61.5 Å². The third-order valence-electron chi connectivity index (χ3n) is 7.80. The van der Waals surface area contributed by atoms with Gasteiger partial charge in [-0.1, -0.05) is 24.3 Å². The standard InChI is InChI=1S/C26H34N4O3/c1-17(30-13-26(14-30)15-33-16-26)18-3-5-19(6-4-18)20-11-22(23(27)28-12-20)24(32)29-25(2)9-7-21(31)8-10-25/h3-6,11-12,17,21,31H,7-10,13-16H2,1-2H3,(H2,27,28)(H,29,32)/t17-,21-,25-/m1/s1. The van der Waals surface area contributed by atoms with Crippen LogP contribution in [0, 0.1) is 5.41 Å². The molecule has 1 aliphatic carbocycles. The number of aliphatic hydroxyl groups excluding tert-OH is 1. The maximum Gasteiger partial charge on any atom is 0.255 e. The number of nitrogen functional groups attached to an aromatic ring is 1. The van der Waals surface area contributed by atoms with Gasteiger partial charge in [0.15, 0.2) is 0 Å². The lowest BCUT2D eigenvalue weighted by Crippen LogP contribution is -2.66. The fraction of sp³-hybridized carbons (Fsp3) is 0.538. The summed E-state index contributed by atoms with van der Waals surface area (Å²) in [5, 5.41) is 12.9. The number of hydrogen-bond acceptors (Lipinski definition) is 6. The molecule has 1 atom stereocenters. The molecular weight excluding hydrogens is 416 g/mol. The molecule has 3 heterocycles. The van der Waals surface area contributed by atoms with Crippen molar-refractivity contribution in [1.82, 2.24) is 15.2 Å². The van der Waals surface area contributed by atoms with E-state index in [1.807, 2.05) is 13.0 Å². The van der Waals surface area contributed by atoms with Crippen LogP contribution in [0.5, 0.6) is 0 Å². The molecule has 7 nitrogen and oxygen atoms in total. The van der Waals surface area contributed by atoms with Gasteiger partial charge in [0, 0.05) is 41.8 Å². The molecule has 0 radical (unpaired) electrons. The highest BCUT2D eigenvalue weighted by atomic mass is 16.5. The number of aromatic nitrogens is 1. The Morgan fingerprint density at radius 2 is 1.88 bits per heavy atom. The fourth-order valence-corrected chi connectivity index (χ4v) is 5.35. The Balaban J connectivity index is 1.28. The maximum absolute atomic E-state index is 13.0. The molecule has 0 unspecified atom stereocenters. The predicted molar refractivity (Wildman–Crippen MR) is 128 cm³/mol. The molecule has 3 fully saturated rings. The van der Waals surface area contributed by atoms with E-state index in [1.165, 1.54) is 5.56 Å². The van der Waals surface area contributed by atoms with E-state index >= 15 is 0 Å². The Labute approximate surface area is 195 Å². The first-order valence-corrected chi connectivity index (χ1v) is 11.9. The van der Waals surface area contributed by atoms with Gasteiger partial charge in [-0.15, -0.1) is 0 Å². The maximum atomic E-state index is 13.0. The highest BCUT2D eigenvalue weighted by molar-refractivity contribution is 5.99. The molecule has 5 rings (SSSR count). The van der Waals surface area contributed by atoms with Crippen LogP contribution in [-0.4, -0.2) is 58.8 Å². The van der Waals surface area contributed by atoms with Gasteiger partial charge in [0.2, 0.25) is 0 Å². The van der Waals surface area contributed by atoms with Crippen LogP contribution in [-0.2, 0) is 4.74 Å². The Hall–Kier alpha value is -2.48. The van der Waals surface area contributed by atoms with Crippen LogP contribution in [0.2, 0.25) is 0 Å². The minimum Gasteiger partial charge on any atom is -0.393 e. The molecule has 33 heavy (non-hydrogen) atoms. The molecule has 1 spiro atoms. The van der Waals surface area contributed by atoms with Gasteiger partial charge in [-0.2, -0.15) is 0 Å². The monoisotopic (exact) mass is 450 g/mol. The lowest BCUT2D eigenvalue weighted by molar-refractivity contribution is -0.197. The molecule has 3 aliphatic rings. The molecule has 2 aromatic rings. The van der Waals surface area contributed by atoms with Crippen LogP contribution >= 0.6 is 0 Å². The topological polar surface area (TPSA) is 101 Å². The number of benzene rings is 1. The van der Waals surface area contributed by atoms with E-state index in [9.17, 15) is 9.90 Å². The van der Waals surface area contributed by atoms with E-state index in [2.05, 4.69) is 46.4 Å². The number of ether oxygens (including phenoxy) is 1. The number of nitrogens with one attached hydrogen (secondary N) is 1. The smallest absolute Gasteiger partial charge is 0.255 e. The Morgan fingerprint density at radius 3 is 2.48 bits per heavy atom. The molecular formula is C26H34N4O3. The Bertz CT molecular complexity index is 1020. The highest BCUT2D eigenvalue weighted by Gasteiger charge is 2.50. The predicted octanol–water partition coefficient (Wildman–Crippen LogP) is 3.15. The number of carbonyl (C=O) groups excluding carboxylic acids is 1. The first-order valence-electron chi connectivity index (χ1n) is 11.9. The summed E-state index contributed by atoms with van der Waals surface area (Å²) >= 11 is 0. The summed E-state index contributed by atoms with van der Waals surface area (Å²) in [6.07, 6.45) is 4.34. The first kappa shape index (κ1) is 22.3. The van der Waals surface area contributed by atoms with Gasteiger partial charge in [0.1, 0.15) is 5.82 Å². The Morgan fingerprint density at radius 1 is 1.21 bits per heavy atom. The third-order valence-corrected chi connectivity index (χ3v) is 7.80. The lowest BCUT2D eigenvalue weighted by atomic mass is 9.76. The average molecular weight is 451 g/mol. The van der Waals surface area contributed by atoms with Crippen LogP contribution in [0.25, 0.3) is 11.1 Å². The van der Waals surface area contributed by atoms with Crippen molar-refractivity contribution in [2.45, 2.75) is 57.2 Å². The number of nitrogens with zero attached hydrogens (tertiary/aromatic N) is 2. The van der Waals surface area contributed by atoms with Crippen molar-refractivity contribution in [2.75, 3.05) is 32.0 Å². The normalized spacial score (nSPS) is 27.4. The summed E-state index contributed by atoms with van der Waals surface area (Å²) in [5.41, 5.74) is 9.69. The van der Waals surface area contributed by atoms with Crippen LogP contribution in [0.15, 0.2) is 36.5 Å². The first-order chi connectivity index (χ1) is 15.8. The van der Waals surface area contributed by atoms with Gasteiger partial charge in [0.25, 0.3) is 5.91 Å². The Kier molecular flexibility index (Phi) is 5.67. The molecule has 0 bridgehead atoms. The van der Waals surface area contributed by atoms with Gasteiger partial charge in [-0.3, -0.25) is 9.69 Å². The van der Waals surface area contributed by atoms with Crippen molar-refractivity contribution in [3.63, 3.8) is 0 Å². The average Bonchev–Trinajstić information content (AvgIpc) is 2.74. The zero-order valence-corrected chi connectivity index (χ0v) is 19.5. The van der Waals surface area contributed by atoms with E-state index in [0.29, 0.717) is 29.9 Å².